The van der Waals surface area contributed by atoms with Crippen LogP contribution in [0.5, 0.6) is 0 Å². The molecule has 0 aliphatic rings. The minimum atomic E-state index is -0.405. The van der Waals surface area contributed by atoms with Crippen molar-refractivity contribution in [3.63, 3.8) is 0 Å². The Labute approximate surface area is 122 Å². The Morgan fingerprint density at radius 1 is 1.45 bits per heavy atom. The van der Waals surface area contributed by atoms with Gasteiger partial charge in [-0.05, 0) is 47.6 Å². The zero-order valence-corrected chi connectivity index (χ0v) is 13.6. The number of hydrogen-bond acceptors (Lipinski definition) is 4. The number of aromatic nitrogens is 2. The van der Waals surface area contributed by atoms with Crippen molar-refractivity contribution in [1.29, 1.82) is 0 Å². The average Bonchev–Trinajstić information content (AvgIpc) is 2.71. The van der Waals surface area contributed by atoms with Crippen LogP contribution in [0, 0.1) is 6.92 Å². The predicted octanol–water partition coefficient (Wildman–Crippen LogP) is 1.99. The molecule has 0 amide bonds. The van der Waals surface area contributed by atoms with Gasteiger partial charge in [-0.15, -0.1) is 0 Å². The zero-order chi connectivity index (χ0) is 15.3. The number of aryl methyl sites for hydroxylation is 1. The maximum absolute atomic E-state index is 9.62. The van der Waals surface area contributed by atoms with Gasteiger partial charge in [0.05, 0.1) is 23.9 Å². The lowest BCUT2D eigenvalue weighted by atomic mass is 10.1. The second kappa shape index (κ2) is 7.20. The van der Waals surface area contributed by atoms with E-state index in [2.05, 4.69) is 44.3 Å². The maximum atomic E-state index is 9.62. The zero-order valence-electron chi connectivity index (χ0n) is 13.6. The SMILES string of the molecule is COCC(O)CCNC(C)c1cn(C(C)(C)C)nc1C. The first kappa shape index (κ1) is 17.1. The summed E-state index contributed by atoms with van der Waals surface area (Å²) in [7, 11) is 1.60. The number of aliphatic hydroxyl groups is 1. The number of nitrogens with one attached hydrogen (secondary N) is 1. The molecule has 5 heteroatoms. The fourth-order valence-electron chi connectivity index (χ4n) is 2.09. The highest BCUT2D eigenvalue weighted by Gasteiger charge is 2.19. The van der Waals surface area contributed by atoms with Crippen LogP contribution in [0.3, 0.4) is 0 Å². The van der Waals surface area contributed by atoms with Gasteiger partial charge in [-0.2, -0.15) is 5.10 Å². The first-order valence-corrected chi connectivity index (χ1v) is 7.22. The maximum Gasteiger partial charge on any atom is 0.0785 e. The third-order valence-corrected chi connectivity index (χ3v) is 3.38. The number of methoxy groups -OCH3 is 1. The smallest absolute Gasteiger partial charge is 0.0785 e. The van der Waals surface area contributed by atoms with Crippen molar-refractivity contribution in [2.45, 2.75) is 58.7 Å². The molecule has 0 saturated carbocycles. The Bertz CT molecular complexity index is 410. The summed E-state index contributed by atoms with van der Waals surface area (Å²) in [5.41, 5.74) is 2.26. The summed E-state index contributed by atoms with van der Waals surface area (Å²) in [6, 6.07) is 0.223. The van der Waals surface area contributed by atoms with E-state index in [9.17, 15) is 5.11 Å². The summed E-state index contributed by atoms with van der Waals surface area (Å²) in [4.78, 5) is 0. The van der Waals surface area contributed by atoms with Gasteiger partial charge in [0.2, 0.25) is 0 Å². The van der Waals surface area contributed by atoms with Crippen LogP contribution in [0.25, 0.3) is 0 Å². The van der Waals surface area contributed by atoms with E-state index >= 15 is 0 Å². The minimum absolute atomic E-state index is 0.00259. The highest BCUT2D eigenvalue weighted by molar-refractivity contribution is 5.20. The number of hydrogen-bond donors (Lipinski definition) is 2. The van der Waals surface area contributed by atoms with Gasteiger partial charge in [-0.25, -0.2) is 0 Å². The van der Waals surface area contributed by atoms with Gasteiger partial charge in [0.15, 0.2) is 0 Å². The Morgan fingerprint density at radius 2 is 2.10 bits per heavy atom. The van der Waals surface area contributed by atoms with Gasteiger partial charge in [0.25, 0.3) is 0 Å². The Balaban J connectivity index is 2.55. The normalized spacial score (nSPS) is 15.3. The molecule has 2 N–H and O–H groups in total. The Kier molecular flexibility index (Phi) is 6.17. The summed E-state index contributed by atoms with van der Waals surface area (Å²) in [5, 5.41) is 17.6. The van der Waals surface area contributed by atoms with E-state index in [0.717, 1.165) is 12.2 Å². The van der Waals surface area contributed by atoms with Crippen LogP contribution in [-0.4, -0.2) is 41.3 Å². The first-order chi connectivity index (χ1) is 9.25. The molecular formula is C15H29N3O2. The fourth-order valence-corrected chi connectivity index (χ4v) is 2.09. The van der Waals surface area contributed by atoms with Crippen LogP contribution in [0.4, 0.5) is 0 Å². The molecule has 1 heterocycles. The molecule has 1 aromatic rings. The molecule has 0 fully saturated rings. The molecule has 0 aromatic carbocycles. The monoisotopic (exact) mass is 283 g/mol. The number of rotatable bonds is 7. The van der Waals surface area contributed by atoms with Crippen molar-refractivity contribution in [1.82, 2.24) is 15.1 Å². The lowest BCUT2D eigenvalue weighted by molar-refractivity contribution is 0.0590. The number of aliphatic hydroxyl groups excluding tert-OH is 1. The van der Waals surface area contributed by atoms with Crippen LogP contribution < -0.4 is 5.32 Å². The van der Waals surface area contributed by atoms with Crippen molar-refractivity contribution in [3.8, 4) is 0 Å². The van der Waals surface area contributed by atoms with E-state index in [0.29, 0.717) is 13.0 Å². The largest absolute Gasteiger partial charge is 0.391 e. The Morgan fingerprint density at radius 3 is 2.60 bits per heavy atom. The van der Waals surface area contributed by atoms with E-state index in [4.69, 9.17) is 4.74 Å². The van der Waals surface area contributed by atoms with Crippen LogP contribution >= 0.6 is 0 Å². The summed E-state index contributed by atoms with van der Waals surface area (Å²) in [6.07, 6.45) is 2.39. The Hall–Kier alpha value is -0.910. The van der Waals surface area contributed by atoms with E-state index < -0.39 is 6.10 Å². The molecular weight excluding hydrogens is 254 g/mol. The lowest BCUT2D eigenvalue weighted by Gasteiger charge is -2.19. The highest BCUT2D eigenvalue weighted by atomic mass is 16.5. The lowest BCUT2D eigenvalue weighted by Crippen LogP contribution is -2.26. The predicted molar refractivity (Wildman–Crippen MR) is 80.9 cm³/mol. The minimum Gasteiger partial charge on any atom is -0.391 e. The van der Waals surface area contributed by atoms with Crippen molar-refractivity contribution in [2.24, 2.45) is 0 Å². The molecule has 1 rings (SSSR count). The topological polar surface area (TPSA) is 59.3 Å². The average molecular weight is 283 g/mol. The van der Waals surface area contributed by atoms with Gasteiger partial charge in [-0.1, -0.05) is 0 Å². The molecule has 0 spiro atoms. The molecule has 1 aromatic heterocycles. The van der Waals surface area contributed by atoms with Crippen molar-refractivity contribution < 1.29 is 9.84 Å². The van der Waals surface area contributed by atoms with Crippen LogP contribution in [-0.2, 0) is 10.3 Å². The molecule has 5 nitrogen and oxygen atoms in total. The molecule has 20 heavy (non-hydrogen) atoms. The number of nitrogens with zero attached hydrogens (tertiary/aromatic N) is 2. The molecule has 2 unspecified atom stereocenters. The molecule has 0 saturated heterocycles. The van der Waals surface area contributed by atoms with Gasteiger partial charge in [-0.3, -0.25) is 4.68 Å². The number of ether oxygens (including phenoxy) is 1. The van der Waals surface area contributed by atoms with Crippen LogP contribution in [0.2, 0.25) is 0 Å². The third-order valence-electron chi connectivity index (χ3n) is 3.38. The van der Waals surface area contributed by atoms with Gasteiger partial charge >= 0.3 is 0 Å². The van der Waals surface area contributed by atoms with E-state index in [1.807, 2.05) is 11.6 Å². The second-order valence-electron chi connectivity index (χ2n) is 6.36. The van der Waals surface area contributed by atoms with E-state index in [1.54, 1.807) is 7.11 Å². The first-order valence-electron chi connectivity index (χ1n) is 7.22. The molecule has 116 valence electrons. The molecule has 0 radical (unpaired) electrons. The second-order valence-corrected chi connectivity index (χ2v) is 6.36. The van der Waals surface area contributed by atoms with Gasteiger partial charge in [0.1, 0.15) is 0 Å². The van der Waals surface area contributed by atoms with Crippen molar-refractivity contribution in [2.75, 3.05) is 20.3 Å². The quantitative estimate of drug-likeness (QED) is 0.803. The fraction of sp³-hybridized carbons (Fsp3) is 0.800. The van der Waals surface area contributed by atoms with Crippen molar-refractivity contribution >= 4 is 0 Å². The molecule has 0 bridgehead atoms. The van der Waals surface area contributed by atoms with E-state index in [1.165, 1.54) is 5.56 Å². The van der Waals surface area contributed by atoms with E-state index in [-0.39, 0.29) is 11.6 Å². The van der Waals surface area contributed by atoms with Crippen LogP contribution in [0.15, 0.2) is 6.20 Å². The summed E-state index contributed by atoms with van der Waals surface area (Å²) in [5.74, 6) is 0. The summed E-state index contributed by atoms with van der Waals surface area (Å²) >= 11 is 0. The third kappa shape index (κ3) is 4.89. The molecule has 0 aliphatic carbocycles. The summed E-state index contributed by atoms with van der Waals surface area (Å²) < 4.78 is 6.92. The van der Waals surface area contributed by atoms with Crippen LogP contribution in [0.1, 0.15) is 51.4 Å². The highest BCUT2D eigenvalue weighted by Crippen LogP contribution is 2.21. The molecule has 0 aliphatic heterocycles. The standard InChI is InChI=1S/C15H29N3O2/c1-11(16-8-7-13(19)10-20-6)14-9-18(15(3,4)5)17-12(14)2/h9,11,13,16,19H,7-8,10H2,1-6H3. The molecule has 2 atom stereocenters. The van der Waals surface area contributed by atoms with Gasteiger partial charge < -0.3 is 15.2 Å². The van der Waals surface area contributed by atoms with Crippen molar-refractivity contribution in [3.05, 3.63) is 17.5 Å². The summed E-state index contributed by atoms with van der Waals surface area (Å²) in [6.45, 7) is 11.7. The van der Waals surface area contributed by atoms with Gasteiger partial charge in [0, 0.05) is 24.9 Å².